The first-order valence-electron chi connectivity index (χ1n) is 8.27. The van der Waals surface area contributed by atoms with Crippen molar-refractivity contribution in [3.05, 3.63) is 52.7 Å². The van der Waals surface area contributed by atoms with Gasteiger partial charge in [-0.15, -0.1) is 0 Å². The topological polar surface area (TPSA) is 90.0 Å². The summed E-state index contributed by atoms with van der Waals surface area (Å²) in [6, 6.07) is 7.39. The predicted octanol–water partition coefficient (Wildman–Crippen LogP) is 2.88. The number of piperidine rings is 1. The molecule has 1 unspecified atom stereocenters. The molecule has 0 amide bonds. The molecule has 1 aliphatic rings. The van der Waals surface area contributed by atoms with E-state index in [4.69, 9.17) is 0 Å². The van der Waals surface area contributed by atoms with E-state index in [1.807, 2.05) is 23.7 Å². The standard InChI is InChI=1S/C17H18N6O2/c1-12-8-16(14-5-2-6-15(23(24)25)17(14)20-12)21-7-3-4-13(9-21)22-11-18-10-19-22/h2,5-6,8,10-11,13H,3-4,7,9H2,1H3. The van der Waals surface area contributed by atoms with Gasteiger partial charge >= 0.3 is 0 Å². The van der Waals surface area contributed by atoms with Crippen molar-refractivity contribution in [1.82, 2.24) is 19.7 Å². The van der Waals surface area contributed by atoms with Gasteiger partial charge in [-0.05, 0) is 25.8 Å². The summed E-state index contributed by atoms with van der Waals surface area (Å²) in [5.41, 5.74) is 2.27. The Morgan fingerprint density at radius 1 is 1.36 bits per heavy atom. The second kappa shape index (κ2) is 6.12. The SMILES string of the molecule is Cc1cc(N2CCCC(n3cncn3)C2)c2cccc([N+](=O)[O-])c2n1. The Bertz CT molecular complexity index is 924. The second-order valence-corrected chi connectivity index (χ2v) is 6.33. The van der Waals surface area contributed by atoms with Crippen molar-refractivity contribution in [3.63, 3.8) is 0 Å². The van der Waals surface area contributed by atoms with Crippen molar-refractivity contribution < 1.29 is 4.92 Å². The predicted molar refractivity (Wildman–Crippen MR) is 93.6 cm³/mol. The fourth-order valence-electron chi connectivity index (χ4n) is 3.54. The normalized spacial score (nSPS) is 17.8. The molecule has 0 spiro atoms. The van der Waals surface area contributed by atoms with Crippen LogP contribution in [0.15, 0.2) is 36.9 Å². The van der Waals surface area contributed by atoms with E-state index in [1.165, 1.54) is 6.07 Å². The molecule has 128 valence electrons. The van der Waals surface area contributed by atoms with E-state index >= 15 is 0 Å². The van der Waals surface area contributed by atoms with E-state index in [1.54, 1.807) is 18.7 Å². The molecule has 8 heteroatoms. The zero-order valence-electron chi connectivity index (χ0n) is 13.9. The molecule has 3 aromatic rings. The lowest BCUT2D eigenvalue weighted by Crippen LogP contribution is -2.37. The van der Waals surface area contributed by atoms with Crippen LogP contribution in [0.3, 0.4) is 0 Å². The lowest BCUT2D eigenvalue weighted by atomic mass is 10.0. The quantitative estimate of drug-likeness (QED) is 0.539. The van der Waals surface area contributed by atoms with E-state index in [-0.39, 0.29) is 16.7 Å². The molecule has 0 saturated carbocycles. The van der Waals surface area contributed by atoms with Gasteiger partial charge in [0.15, 0.2) is 5.52 Å². The van der Waals surface area contributed by atoms with E-state index in [9.17, 15) is 10.1 Å². The largest absolute Gasteiger partial charge is 0.369 e. The molecule has 1 atom stereocenters. The second-order valence-electron chi connectivity index (χ2n) is 6.33. The molecule has 0 radical (unpaired) electrons. The summed E-state index contributed by atoms with van der Waals surface area (Å²) in [6.07, 6.45) is 5.37. The smallest absolute Gasteiger partial charge is 0.295 e. The molecule has 0 bridgehead atoms. The molecule has 2 aromatic heterocycles. The molecule has 8 nitrogen and oxygen atoms in total. The van der Waals surface area contributed by atoms with E-state index in [0.717, 1.165) is 42.7 Å². The molecule has 1 aliphatic heterocycles. The van der Waals surface area contributed by atoms with Crippen LogP contribution in [0, 0.1) is 17.0 Å². The highest BCUT2D eigenvalue weighted by atomic mass is 16.6. The number of non-ortho nitro benzene ring substituents is 1. The minimum Gasteiger partial charge on any atom is -0.369 e. The third kappa shape index (κ3) is 2.79. The van der Waals surface area contributed by atoms with Crippen molar-refractivity contribution in [1.29, 1.82) is 0 Å². The minimum atomic E-state index is -0.368. The van der Waals surface area contributed by atoms with Crippen LogP contribution in [0.2, 0.25) is 0 Å². The van der Waals surface area contributed by atoms with Crippen LogP contribution in [0.5, 0.6) is 0 Å². The number of hydrogen-bond acceptors (Lipinski definition) is 6. The first-order valence-corrected chi connectivity index (χ1v) is 8.27. The molecular formula is C17H18N6O2. The molecule has 1 fully saturated rings. The highest BCUT2D eigenvalue weighted by Crippen LogP contribution is 2.34. The first-order chi connectivity index (χ1) is 12.1. The zero-order chi connectivity index (χ0) is 17.4. The Morgan fingerprint density at radius 3 is 3.00 bits per heavy atom. The maximum atomic E-state index is 11.4. The van der Waals surface area contributed by atoms with Crippen LogP contribution in [0.4, 0.5) is 11.4 Å². The van der Waals surface area contributed by atoms with Crippen LogP contribution >= 0.6 is 0 Å². The maximum Gasteiger partial charge on any atom is 0.295 e. The van der Waals surface area contributed by atoms with E-state index in [2.05, 4.69) is 20.0 Å². The molecule has 0 aliphatic carbocycles. The summed E-state index contributed by atoms with van der Waals surface area (Å²) >= 11 is 0. The van der Waals surface area contributed by atoms with Gasteiger partial charge < -0.3 is 4.90 Å². The average Bonchev–Trinajstić information content (AvgIpc) is 3.15. The Morgan fingerprint density at radius 2 is 2.24 bits per heavy atom. The van der Waals surface area contributed by atoms with Gasteiger partial charge in [-0.1, -0.05) is 12.1 Å². The number of pyridine rings is 1. The maximum absolute atomic E-state index is 11.4. The highest BCUT2D eigenvalue weighted by molar-refractivity contribution is 5.97. The Labute approximate surface area is 144 Å². The third-order valence-electron chi connectivity index (χ3n) is 4.67. The summed E-state index contributed by atoms with van der Waals surface area (Å²) in [7, 11) is 0. The number of fused-ring (bicyclic) bond motifs is 1. The van der Waals surface area contributed by atoms with E-state index < -0.39 is 0 Å². The fraction of sp³-hybridized carbons (Fsp3) is 0.353. The van der Waals surface area contributed by atoms with Gasteiger partial charge in [0.05, 0.1) is 11.0 Å². The highest BCUT2D eigenvalue weighted by Gasteiger charge is 2.25. The molecule has 4 rings (SSSR count). The molecule has 25 heavy (non-hydrogen) atoms. The minimum absolute atomic E-state index is 0.0484. The van der Waals surface area contributed by atoms with Crippen LogP contribution in [0.25, 0.3) is 10.9 Å². The van der Waals surface area contributed by atoms with Crippen LogP contribution in [-0.4, -0.2) is 37.8 Å². The summed E-state index contributed by atoms with van der Waals surface area (Å²) in [4.78, 5) is 21.7. The lowest BCUT2D eigenvalue weighted by Gasteiger charge is -2.35. The van der Waals surface area contributed by atoms with Gasteiger partial charge in [0.25, 0.3) is 5.69 Å². The molecule has 3 heterocycles. The Kier molecular flexibility index (Phi) is 3.79. The molecule has 1 saturated heterocycles. The van der Waals surface area contributed by atoms with Crippen molar-refractivity contribution in [2.75, 3.05) is 18.0 Å². The number of para-hydroxylation sites is 1. The third-order valence-corrected chi connectivity index (χ3v) is 4.67. The van der Waals surface area contributed by atoms with Gasteiger partial charge in [0.1, 0.15) is 12.7 Å². The number of nitrogens with zero attached hydrogens (tertiary/aromatic N) is 6. The molecule has 1 aromatic carbocycles. The van der Waals surface area contributed by atoms with Crippen molar-refractivity contribution in [3.8, 4) is 0 Å². The first kappa shape index (κ1) is 15.5. The van der Waals surface area contributed by atoms with Gasteiger partial charge in [-0.2, -0.15) is 5.10 Å². The molecular weight excluding hydrogens is 320 g/mol. The lowest BCUT2D eigenvalue weighted by molar-refractivity contribution is -0.383. The van der Waals surface area contributed by atoms with Gasteiger partial charge in [-0.3, -0.25) is 10.1 Å². The van der Waals surface area contributed by atoms with E-state index in [0.29, 0.717) is 5.52 Å². The number of aromatic nitrogens is 4. The monoisotopic (exact) mass is 338 g/mol. The number of nitro benzene ring substituents is 1. The summed E-state index contributed by atoms with van der Waals surface area (Å²) in [5, 5.41) is 16.4. The van der Waals surface area contributed by atoms with Gasteiger partial charge in [0, 0.05) is 35.9 Å². The average molecular weight is 338 g/mol. The zero-order valence-corrected chi connectivity index (χ0v) is 13.9. The number of anilines is 1. The van der Waals surface area contributed by atoms with Crippen LogP contribution in [0.1, 0.15) is 24.6 Å². The van der Waals surface area contributed by atoms with Crippen molar-refractivity contribution in [2.45, 2.75) is 25.8 Å². The van der Waals surface area contributed by atoms with Crippen LogP contribution in [-0.2, 0) is 0 Å². The van der Waals surface area contributed by atoms with Crippen molar-refractivity contribution >= 4 is 22.3 Å². The van der Waals surface area contributed by atoms with Crippen molar-refractivity contribution in [2.24, 2.45) is 0 Å². The number of nitro groups is 1. The Balaban J connectivity index is 1.78. The number of aryl methyl sites for hydroxylation is 1. The van der Waals surface area contributed by atoms with Crippen LogP contribution < -0.4 is 4.90 Å². The fourth-order valence-corrected chi connectivity index (χ4v) is 3.54. The summed E-state index contributed by atoms with van der Waals surface area (Å²) in [5.74, 6) is 0. The number of rotatable bonds is 3. The van der Waals surface area contributed by atoms with Gasteiger partial charge in [0.2, 0.25) is 0 Å². The summed E-state index contributed by atoms with van der Waals surface area (Å²) in [6.45, 7) is 3.58. The van der Waals surface area contributed by atoms with Gasteiger partial charge in [-0.25, -0.2) is 14.6 Å². The number of hydrogen-bond donors (Lipinski definition) is 0. The Hall–Kier alpha value is -3.03. The number of benzene rings is 1. The summed E-state index contributed by atoms with van der Waals surface area (Å²) < 4.78 is 1.89. The molecule has 0 N–H and O–H groups in total.